The number of aromatic nitrogens is 1. The number of amides is 1. The number of methoxy groups -OCH3 is 2. The quantitative estimate of drug-likeness (QED) is 0.486. The zero-order valence-corrected chi connectivity index (χ0v) is 19.8. The summed E-state index contributed by atoms with van der Waals surface area (Å²) in [5.41, 5.74) is 1.49. The summed E-state index contributed by atoms with van der Waals surface area (Å²) in [6.07, 6.45) is 0. The van der Waals surface area contributed by atoms with Crippen LogP contribution in [0.2, 0.25) is 0 Å². The van der Waals surface area contributed by atoms with Crippen LogP contribution in [-0.2, 0) is 25.9 Å². The molecule has 0 aliphatic rings. The van der Waals surface area contributed by atoms with Crippen LogP contribution >= 0.6 is 11.3 Å². The summed E-state index contributed by atoms with van der Waals surface area (Å²) in [5.74, 6) is -0.945. The second-order valence-corrected chi connectivity index (χ2v) is 10.8. The number of thiazole rings is 1. The van der Waals surface area contributed by atoms with Crippen molar-refractivity contribution in [1.29, 1.82) is 0 Å². The van der Waals surface area contributed by atoms with Gasteiger partial charge >= 0.3 is 5.97 Å². The predicted molar refractivity (Wildman–Crippen MR) is 122 cm³/mol. The average Bonchev–Trinajstić information content (AvgIpc) is 3.12. The maximum absolute atomic E-state index is 12.8. The highest BCUT2D eigenvalue weighted by Gasteiger charge is 2.19. The molecule has 3 rings (SSSR count). The fraction of sp³-hybridized carbons (Fsp3) is 0.318. The summed E-state index contributed by atoms with van der Waals surface area (Å²) >= 11 is 1.27. The first-order valence-corrected chi connectivity index (χ1v) is 12.2. The second-order valence-electron chi connectivity index (χ2n) is 7.24. The maximum Gasteiger partial charge on any atom is 0.337 e. The van der Waals surface area contributed by atoms with Gasteiger partial charge < -0.3 is 14.0 Å². The maximum atomic E-state index is 12.8. The SMILES string of the molecule is COCCn1c(=NC(=O)c2ccc(S(=O)(=O)C(C)C)cc2)sc2cc(C(=O)OC)ccc21. The lowest BCUT2D eigenvalue weighted by Gasteiger charge is -2.07. The molecule has 1 aromatic heterocycles. The molecule has 0 aliphatic heterocycles. The van der Waals surface area contributed by atoms with Gasteiger partial charge in [-0.15, -0.1) is 0 Å². The van der Waals surface area contributed by atoms with Crippen molar-refractivity contribution >= 4 is 43.3 Å². The van der Waals surface area contributed by atoms with E-state index >= 15 is 0 Å². The number of rotatable bonds is 7. The third-order valence-corrected chi connectivity index (χ3v) is 8.08. The van der Waals surface area contributed by atoms with Gasteiger partial charge in [-0.25, -0.2) is 13.2 Å². The summed E-state index contributed by atoms with van der Waals surface area (Å²) in [5, 5.41) is -0.554. The Balaban J connectivity index is 2.04. The van der Waals surface area contributed by atoms with Crippen LogP contribution in [-0.4, -0.2) is 50.9 Å². The fourth-order valence-electron chi connectivity index (χ4n) is 3.01. The lowest BCUT2D eigenvalue weighted by molar-refractivity contribution is 0.0600. The van der Waals surface area contributed by atoms with Crippen LogP contribution in [0.25, 0.3) is 10.2 Å². The molecule has 8 nitrogen and oxygen atoms in total. The molecular formula is C22H24N2O6S2. The molecule has 0 fully saturated rings. The largest absolute Gasteiger partial charge is 0.465 e. The average molecular weight is 477 g/mol. The van der Waals surface area contributed by atoms with Crippen molar-refractivity contribution in [2.75, 3.05) is 20.8 Å². The second kappa shape index (κ2) is 9.76. The molecule has 0 aliphatic carbocycles. The molecule has 170 valence electrons. The molecule has 1 amide bonds. The highest BCUT2D eigenvalue weighted by Crippen LogP contribution is 2.21. The minimum absolute atomic E-state index is 0.163. The number of nitrogens with zero attached hydrogens (tertiary/aromatic N) is 2. The van der Waals surface area contributed by atoms with Gasteiger partial charge in [0.05, 0.1) is 39.6 Å². The van der Waals surface area contributed by atoms with Crippen LogP contribution in [0.1, 0.15) is 34.6 Å². The molecule has 0 atom stereocenters. The number of sulfone groups is 1. The third kappa shape index (κ3) is 4.82. The Kier molecular flexibility index (Phi) is 7.27. The summed E-state index contributed by atoms with van der Waals surface area (Å²) in [6.45, 7) is 4.09. The Hall–Kier alpha value is -2.82. The molecule has 0 unspecified atom stereocenters. The molecule has 2 aromatic carbocycles. The molecule has 0 spiro atoms. The first-order chi connectivity index (χ1) is 15.2. The van der Waals surface area contributed by atoms with E-state index in [-0.39, 0.29) is 10.5 Å². The van der Waals surface area contributed by atoms with Gasteiger partial charge in [0.25, 0.3) is 5.91 Å². The van der Waals surface area contributed by atoms with Crippen LogP contribution in [0.5, 0.6) is 0 Å². The molecule has 1 heterocycles. The minimum Gasteiger partial charge on any atom is -0.465 e. The third-order valence-electron chi connectivity index (χ3n) is 4.87. The zero-order valence-electron chi connectivity index (χ0n) is 18.2. The van der Waals surface area contributed by atoms with Crippen LogP contribution in [0.3, 0.4) is 0 Å². The van der Waals surface area contributed by atoms with Gasteiger partial charge in [0, 0.05) is 19.2 Å². The number of hydrogen-bond donors (Lipinski definition) is 0. The van der Waals surface area contributed by atoms with E-state index in [1.54, 1.807) is 39.2 Å². The van der Waals surface area contributed by atoms with Gasteiger partial charge in [0.1, 0.15) is 0 Å². The van der Waals surface area contributed by atoms with Crippen molar-refractivity contribution in [2.45, 2.75) is 30.5 Å². The fourth-order valence-corrected chi connectivity index (χ4v) is 5.17. The summed E-state index contributed by atoms with van der Waals surface area (Å²) < 4.78 is 37.2. The number of ether oxygens (including phenoxy) is 2. The van der Waals surface area contributed by atoms with E-state index in [0.717, 1.165) is 10.2 Å². The number of carbonyl (C=O) groups excluding carboxylic acids is 2. The highest BCUT2D eigenvalue weighted by molar-refractivity contribution is 7.92. The molecular weight excluding hydrogens is 452 g/mol. The molecule has 10 heteroatoms. The Morgan fingerprint density at radius 3 is 2.31 bits per heavy atom. The first-order valence-electron chi connectivity index (χ1n) is 9.82. The van der Waals surface area contributed by atoms with Gasteiger partial charge in [-0.3, -0.25) is 4.79 Å². The van der Waals surface area contributed by atoms with Crippen molar-refractivity contribution in [1.82, 2.24) is 4.57 Å². The molecule has 32 heavy (non-hydrogen) atoms. The number of carbonyl (C=O) groups is 2. The van der Waals surface area contributed by atoms with Gasteiger partial charge in [0.2, 0.25) is 0 Å². The topological polar surface area (TPSA) is 104 Å². The Bertz CT molecular complexity index is 1320. The molecule has 0 saturated heterocycles. The van der Waals surface area contributed by atoms with Crippen LogP contribution in [0.15, 0.2) is 52.4 Å². The van der Waals surface area contributed by atoms with E-state index in [4.69, 9.17) is 9.47 Å². The summed E-state index contributed by atoms with van der Waals surface area (Å²) in [4.78, 5) is 29.5. The van der Waals surface area contributed by atoms with Gasteiger partial charge in [-0.2, -0.15) is 4.99 Å². The number of hydrogen-bond acceptors (Lipinski definition) is 7. The highest BCUT2D eigenvalue weighted by atomic mass is 32.2. The number of fused-ring (bicyclic) bond motifs is 1. The van der Waals surface area contributed by atoms with E-state index in [0.29, 0.717) is 23.5 Å². The lowest BCUT2D eigenvalue weighted by atomic mass is 10.2. The summed E-state index contributed by atoms with van der Waals surface area (Å²) in [6, 6.07) is 10.9. The van der Waals surface area contributed by atoms with Gasteiger partial charge in [-0.05, 0) is 56.3 Å². The van der Waals surface area contributed by atoms with E-state index < -0.39 is 27.0 Å². The molecule has 0 bridgehead atoms. The number of benzene rings is 2. The minimum atomic E-state index is -3.42. The van der Waals surface area contributed by atoms with E-state index in [1.165, 1.54) is 42.7 Å². The monoisotopic (exact) mass is 476 g/mol. The van der Waals surface area contributed by atoms with Crippen molar-refractivity contribution in [3.8, 4) is 0 Å². The lowest BCUT2D eigenvalue weighted by Crippen LogP contribution is -2.19. The molecule has 0 N–H and O–H groups in total. The van der Waals surface area contributed by atoms with E-state index in [2.05, 4.69) is 4.99 Å². The first kappa shape index (κ1) is 23.8. The smallest absolute Gasteiger partial charge is 0.337 e. The zero-order chi connectivity index (χ0) is 23.5. The van der Waals surface area contributed by atoms with E-state index in [9.17, 15) is 18.0 Å². The van der Waals surface area contributed by atoms with E-state index in [1.807, 2.05) is 4.57 Å². The van der Waals surface area contributed by atoms with Crippen molar-refractivity contribution in [3.05, 3.63) is 58.4 Å². The van der Waals surface area contributed by atoms with Crippen LogP contribution in [0.4, 0.5) is 0 Å². The number of esters is 1. The molecule has 3 aromatic rings. The standard InChI is InChI=1S/C22H24N2O6S2/c1-14(2)32(27,28)17-8-5-15(6-9-17)20(25)23-22-24(11-12-29-3)18-10-7-16(21(26)30-4)13-19(18)31-22/h5-10,13-14H,11-12H2,1-4H3. The normalized spacial score (nSPS) is 12.5. The Labute approximate surface area is 190 Å². The van der Waals surface area contributed by atoms with Crippen molar-refractivity contribution in [2.24, 2.45) is 4.99 Å². The van der Waals surface area contributed by atoms with Gasteiger partial charge in [0.15, 0.2) is 14.6 Å². The molecule has 0 saturated carbocycles. The Morgan fingerprint density at radius 1 is 1.06 bits per heavy atom. The predicted octanol–water partition coefficient (Wildman–Crippen LogP) is 3.06. The van der Waals surface area contributed by atoms with Gasteiger partial charge in [-0.1, -0.05) is 11.3 Å². The van der Waals surface area contributed by atoms with Crippen molar-refractivity contribution < 1.29 is 27.5 Å². The van der Waals surface area contributed by atoms with Crippen LogP contribution < -0.4 is 4.80 Å². The summed E-state index contributed by atoms with van der Waals surface area (Å²) in [7, 11) is -0.523. The van der Waals surface area contributed by atoms with Crippen molar-refractivity contribution in [3.63, 3.8) is 0 Å². The Morgan fingerprint density at radius 2 is 1.72 bits per heavy atom. The van der Waals surface area contributed by atoms with Crippen LogP contribution in [0, 0.1) is 0 Å². The molecule has 0 radical (unpaired) electrons.